The second-order valence-electron chi connectivity index (χ2n) is 4.03. The van der Waals surface area contributed by atoms with Crippen molar-refractivity contribution in [3.8, 4) is 5.75 Å². The van der Waals surface area contributed by atoms with E-state index in [9.17, 15) is 5.11 Å². The van der Waals surface area contributed by atoms with E-state index in [4.69, 9.17) is 5.73 Å². The van der Waals surface area contributed by atoms with Crippen molar-refractivity contribution in [1.82, 2.24) is 0 Å². The van der Waals surface area contributed by atoms with E-state index in [2.05, 4.69) is 12.1 Å². The predicted molar refractivity (Wildman–Crippen MR) is 67.6 cm³/mol. The van der Waals surface area contributed by atoms with Crippen molar-refractivity contribution in [2.75, 3.05) is 6.54 Å². The van der Waals surface area contributed by atoms with Crippen molar-refractivity contribution in [2.45, 2.75) is 19.3 Å². The van der Waals surface area contributed by atoms with Gasteiger partial charge in [-0.05, 0) is 42.6 Å². The van der Waals surface area contributed by atoms with Gasteiger partial charge in [-0.15, -0.1) is 0 Å². The Hall–Kier alpha value is -1.54. The molecule has 0 aliphatic rings. The van der Waals surface area contributed by atoms with Crippen molar-refractivity contribution in [3.63, 3.8) is 0 Å². The Labute approximate surface area is 95.7 Å². The summed E-state index contributed by atoms with van der Waals surface area (Å²) in [6, 6.07) is 11.9. The van der Waals surface area contributed by atoms with Gasteiger partial charge in [0.1, 0.15) is 5.75 Å². The van der Waals surface area contributed by atoms with Crippen LogP contribution >= 0.6 is 0 Å². The van der Waals surface area contributed by atoms with E-state index in [1.807, 2.05) is 18.2 Å². The fraction of sp³-hybridized carbons (Fsp3) is 0.286. The number of benzene rings is 2. The molecule has 0 saturated carbocycles. The Morgan fingerprint density at radius 3 is 2.62 bits per heavy atom. The first-order chi connectivity index (χ1) is 7.83. The fourth-order valence-electron chi connectivity index (χ4n) is 2.03. The molecule has 0 saturated heterocycles. The summed E-state index contributed by atoms with van der Waals surface area (Å²) in [5.41, 5.74) is 6.53. The summed E-state index contributed by atoms with van der Waals surface area (Å²) in [5.74, 6) is 0.399. The number of fused-ring (bicyclic) bond motifs is 1. The van der Waals surface area contributed by atoms with E-state index in [1.165, 1.54) is 5.39 Å². The minimum Gasteiger partial charge on any atom is -0.508 e. The molecular weight excluding hydrogens is 198 g/mol. The van der Waals surface area contributed by atoms with E-state index >= 15 is 0 Å². The van der Waals surface area contributed by atoms with Crippen LogP contribution in [0.4, 0.5) is 0 Å². The normalized spacial score (nSPS) is 10.8. The highest BCUT2D eigenvalue weighted by molar-refractivity contribution is 5.87. The average Bonchev–Trinajstić information content (AvgIpc) is 2.32. The molecule has 0 atom stereocenters. The minimum absolute atomic E-state index is 0.399. The van der Waals surface area contributed by atoms with Gasteiger partial charge in [-0.1, -0.05) is 30.3 Å². The summed E-state index contributed by atoms with van der Waals surface area (Å²) >= 11 is 0. The summed E-state index contributed by atoms with van der Waals surface area (Å²) in [6.45, 7) is 0.714. The van der Waals surface area contributed by atoms with Crippen LogP contribution in [0.3, 0.4) is 0 Å². The molecule has 3 N–H and O–H groups in total. The number of hydrogen-bond donors (Lipinski definition) is 2. The van der Waals surface area contributed by atoms with Gasteiger partial charge in [0.25, 0.3) is 0 Å². The molecule has 0 fully saturated rings. The van der Waals surface area contributed by atoms with E-state index in [0.717, 1.165) is 30.2 Å². The van der Waals surface area contributed by atoms with E-state index < -0.39 is 0 Å². The number of nitrogens with two attached hydrogens (primary N) is 1. The molecule has 0 aromatic heterocycles. The van der Waals surface area contributed by atoms with Gasteiger partial charge in [0.15, 0.2) is 0 Å². The lowest BCUT2D eigenvalue weighted by Gasteiger charge is -2.08. The van der Waals surface area contributed by atoms with Crippen molar-refractivity contribution >= 4 is 10.8 Å². The minimum atomic E-state index is 0.399. The van der Waals surface area contributed by atoms with Crippen molar-refractivity contribution in [3.05, 3.63) is 42.0 Å². The lowest BCUT2D eigenvalue weighted by molar-refractivity contribution is 0.468. The van der Waals surface area contributed by atoms with E-state index in [-0.39, 0.29) is 0 Å². The van der Waals surface area contributed by atoms with Crippen LogP contribution in [0.25, 0.3) is 10.8 Å². The molecule has 0 spiro atoms. The number of aromatic hydroxyl groups is 1. The molecule has 0 radical (unpaired) electrons. The van der Waals surface area contributed by atoms with Crippen LogP contribution in [0.15, 0.2) is 36.4 Å². The van der Waals surface area contributed by atoms with Crippen molar-refractivity contribution < 1.29 is 5.11 Å². The molecule has 0 unspecified atom stereocenters. The van der Waals surface area contributed by atoms with Gasteiger partial charge in [0, 0.05) is 5.56 Å². The monoisotopic (exact) mass is 215 g/mol. The maximum absolute atomic E-state index is 9.88. The third-order valence-electron chi connectivity index (χ3n) is 2.90. The van der Waals surface area contributed by atoms with Gasteiger partial charge in [0.05, 0.1) is 0 Å². The number of hydrogen-bond acceptors (Lipinski definition) is 2. The van der Waals surface area contributed by atoms with Gasteiger partial charge in [-0.3, -0.25) is 0 Å². The lowest BCUT2D eigenvalue weighted by atomic mass is 9.99. The number of phenols is 1. The molecule has 0 aliphatic carbocycles. The van der Waals surface area contributed by atoms with Gasteiger partial charge in [-0.2, -0.15) is 0 Å². The third kappa shape index (κ3) is 2.17. The Morgan fingerprint density at radius 2 is 1.81 bits per heavy atom. The van der Waals surface area contributed by atoms with Crippen LogP contribution in [0, 0.1) is 0 Å². The Morgan fingerprint density at radius 1 is 1.00 bits per heavy atom. The van der Waals surface area contributed by atoms with Crippen molar-refractivity contribution in [1.29, 1.82) is 0 Å². The maximum Gasteiger partial charge on any atom is 0.119 e. The van der Waals surface area contributed by atoms with E-state index in [0.29, 0.717) is 12.3 Å². The number of phenolic OH excluding ortho intramolecular Hbond substituents is 1. The molecule has 84 valence electrons. The molecule has 2 aromatic rings. The molecular formula is C14H17NO. The van der Waals surface area contributed by atoms with Gasteiger partial charge < -0.3 is 10.8 Å². The summed E-state index contributed by atoms with van der Waals surface area (Å²) in [4.78, 5) is 0. The second-order valence-corrected chi connectivity index (χ2v) is 4.03. The SMILES string of the molecule is NCCCCc1c(O)ccc2ccccc12. The largest absolute Gasteiger partial charge is 0.508 e. The topological polar surface area (TPSA) is 46.2 Å². The second kappa shape index (κ2) is 4.99. The summed E-state index contributed by atoms with van der Waals surface area (Å²) in [6.07, 6.45) is 2.92. The predicted octanol–water partition coefficient (Wildman–Crippen LogP) is 2.83. The van der Waals surface area contributed by atoms with Gasteiger partial charge >= 0.3 is 0 Å². The first-order valence-electron chi connectivity index (χ1n) is 5.72. The van der Waals surface area contributed by atoms with Crippen LogP contribution in [-0.2, 0) is 6.42 Å². The lowest BCUT2D eigenvalue weighted by Crippen LogP contribution is -1.99. The molecule has 2 nitrogen and oxygen atoms in total. The standard InChI is InChI=1S/C14H17NO/c15-10-4-3-7-13-12-6-2-1-5-11(12)8-9-14(13)16/h1-2,5-6,8-9,16H,3-4,7,10,15H2. The molecule has 16 heavy (non-hydrogen) atoms. The molecule has 2 heteroatoms. The Bertz CT molecular complexity index is 479. The Balaban J connectivity index is 2.37. The zero-order valence-electron chi connectivity index (χ0n) is 9.32. The van der Waals surface area contributed by atoms with Crippen LogP contribution in [0.1, 0.15) is 18.4 Å². The van der Waals surface area contributed by atoms with Crippen molar-refractivity contribution in [2.24, 2.45) is 5.73 Å². The summed E-state index contributed by atoms with van der Waals surface area (Å²) in [7, 11) is 0. The molecule has 2 rings (SSSR count). The van der Waals surface area contributed by atoms with E-state index in [1.54, 1.807) is 6.07 Å². The smallest absolute Gasteiger partial charge is 0.119 e. The molecule has 0 aliphatic heterocycles. The number of aryl methyl sites for hydroxylation is 1. The molecule has 0 amide bonds. The summed E-state index contributed by atoms with van der Waals surface area (Å²) in [5, 5.41) is 12.2. The highest BCUT2D eigenvalue weighted by Gasteiger charge is 2.05. The first-order valence-corrected chi connectivity index (χ1v) is 5.72. The van der Waals surface area contributed by atoms with Crippen LogP contribution in [0.2, 0.25) is 0 Å². The maximum atomic E-state index is 9.88. The Kier molecular flexibility index (Phi) is 3.42. The van der Waals surface area contributed by atoms with Crippen LogP contribution < -0.4 is 5.73 Å². The fourth-order valence-corrected chi connectivity index (χ4v) is 2.03. The zero-order valence-corrected chi connectivity index (χ0v) is 9.32. The third-order valence-corrected chi connectivity index (χ3v) is 2.90. The molecule has 2 aromatic carbocycles. The van der Waals surface area contributed by atoms with Crippen LogP contribution in [-0.4, -0.2) is 11.7 Å². The van der Waals surface area contributed by atoms with Gasteiger partial charge in [-0.25, -0.2) is 0 Å². The molecule has 0 bridgehead atoms. The highest BCUT2D eigenvalue weighted by Crippen LogP contribution is 2.28. The van der Waals surface area contributed by atoms with Gasteiger partial charge in [0.2, 0.25) is 0 Å². The highest BCUT2D eigenvalue weighted by atomic mass is 16.3. The number of unbranched alkanes of at least 4 members (excludes halogenated alkanes) is 1. The number of rotatable bonds is 4. The first kappa shape index (κ1) is 11.0. The quantitative estimate of drug-likeness (QED) is 0.770. The zero-order chi connectivity index (χ0) is 11.4. The summed E-state index contributed by atoms with van der Waals surface area (Å²) < 4.78 is 0. The molecule has 0 heterocycles. The van der Waals surface area contributed by atoms with Crippen LogP contribution in [0.5, 0.6) is 5.75 Å². The average molecular weight is 215 g/mol.